The molecule has 0 spiro atoms. The molecule has 2 aliphatic rings. The fourth-order valence-electron chi connectivity index (χ4n) is 4.33. The fourth-order valence-corrected chi connectivity index (χ4v) is 4.88. The summed E-state index contributed by atoms with van der Waals surface area (Å²) in [5, 5.41) is 3.29. The van der Waals surface area contributed by atoms with Gasteiger partial charge in [0.1, 0.15) is 0 Å². The van der Waals surface area contributed by atoms with Crippen molar-refractivity contribution in [3.05, 3.63) is 74.4 Å². The van der Waals surface area contributed by atoms with Crippen LogP contribution in [-0.2, 0) is 9.53 Å². The molecule has 0 saturated carbocycles. The summed E-state index contributed by atoms with van der Waals surface area (Å²) in [5.41, 5.74) is 4.44. The number of nitrogens with one attached hydrogen (secondary N) is 1. The molecule has 32 heavy (non-hydrogen) atoms. The van der Waals surface area contributed by atoms with Gasteiger partial charge in [-0.05, 0) is 38.5 Å². The number of methoxy groups -OCH3 is 1. The largest absolute Gasteiger partial charge is 0.490 e. The third-order valence-corrected chi connectivity index (χ3v) is 6.31. The van der Waals surface area contributed by atoms with E-state index in [4.69, 9.17) is 14.2 Å². The summed E-state index contributed by atoms with van der Waals surface area (Å²) in [6.07, 6.45) is 0. The summed E-state index contributed by atoms with van der Waals surface area (Å²) in [4.78, 5) is 26.4. The summed E-state index contributed by atoms with van der Waals surface area (Å²) in [6.45, 7) is 6.54. The molecule has 4 rings (SSSR count). The van der Waals surface area contributed by atoms with Crippen LogP contribution in [0.1, 0.15) is 48.2 Å². The van der Waals surface area contributed by atoms with Crippen molar-refractivity contribution >= 4 is 33.4 Å². The first kappa shape index (κ1) is 22.1. The summed E-state index contributed by atoms with van der Waals surface area (Å²) < 4.78 is 17.4. The molecule has 1 N–H and O–H groups in total. The second-order valence-electron chi connectivity index (χ2n) is 7.44. The molecule has 7 heteroatoms. The average molecular weight is 498 g/mol. The zero-order chi connectivity index (χ0) is 23.0. The number of Topliss-reactive ketones (excluding diaryl/α,β-unsaturated/α-hetero) is 1. The van der Waals surface area contributed by atoms with Gasteiger partial charge in [0.05, 0.1) is 37.5 Å². The lowest BCUT2D eigenvalue weighted by molar-refractivity contribution is -0.136. The lowest BCUT2D eigenvalue weighted by Gasteiger charge is -2.30. The molecule has 0 saturated heterocycles. The maximum absolute atomic E-state index is 13.5. The first-order valence-electron chi connectivity index (χ1n) is 10.5. The molecule has 0 radical (unpaired) electrons. The number of dihydropyridines is 1. The predicted octanol–water partition coefficient (Wildman–Crippen LogP) is 4.99. The molecule has 6 nitrogen and oxygen atoms in total. The van der Waals surface area contributed by atoms with E-state index in [0.29, 0.717) is 51.6 Å². The molecule has 2 aromatic carbocycles. The fraction of sp³-hybridized carbons (Fsp3) is 0.280. The summed E-state index contributed by atoms with van der Waals surface area (Å²) in [7, 11) is 1.34. The Bertz CT molecular complexity index is 1180. The molecule has 166 valence electrons. The second kappa shape index (κ2) is 8.82. The quantitative estimate of drug-likeness (QED) is 0.566. The van der Waals surface area contributed by atoms with Gasteiger partial charge >= 0.3 is 5.97 Å². The highest BCUT2D eigenvalue weighted by Gasteiger charge is 2.43. The third kappa shape index (κ3) is 3.50. The lowest BCUT2D eigenvalue weighted by Crippen LogP contribution is -2.29. The van der Waals surface area contributed by atoms with Crippen molar-refractivity contribution in [3.8, 4) is 11.5 Å². The number of hydrogen-bond acceptors (Lipinski definition) is 6. The Morgan fingerprint density at radius 1 is 1.06 bits per heavy atom. The van der Waals surface area contributed by atoms with E-state index in [2.05, 4.69) is 21.2 Å². The van der Waals surface area contributed by atoms with E-state index in [9.17, 15) is 9.59 Å². The molecule has 1 heterocycles. The Labute approximate surface area is 195 Å². The number of rotatable bonds is 6. The van der Waals surface area contributed by atoms with E-state index >= 15 is 0 Å². The van der Waals surface area contributed by atoms with Crippen molar-refractivity contribution in [1.29, 1.82) is 0 Å². The van der Waals surface area contributed by atoms with E-state index in [-0.39, 0.29) is 5.78 Å². The molecule has 1 atom stereocenters. The van der Waals surface area contributed by atoms with Gasteiger partial charge in [0.25, 0.3) is 0 Å². The van der Waals surface area contributed by atoms with Crippen molar-refractivity contribution in [3.63, 3.8) is 0 Å². The average Bonchev–Trinajstić information content (AvgIpc) is 3.06. The molecular weight excluding hydrogens is 474 g/mol. The van der Waals surface area contributed by atoms with Gasteiger partial charge in [-0.25, -0.2) is 4.79 Å². The molecule has 0 amide bonds. The van der Waals surface area contributed by atoms with Gasteiger partial charge in [-0.2, -0.15) is 0 Å². The summed E-state index contributed by atoms with van der Waals surface area (Å²) in [5.74, 6) is -0.0924. The Morgan fingerprint density at radius 3 is 2.31 bits per heavy atom. The van der Waals surface area contributed by atoms with Crippen LogP contribution in [0.3, 0.4) is 0 Å². The Morgan fingerprint density at radius 2 is 1.69 bits per heavy atom. The molecule has 0 fully saturated rings. The number of hydrogen-bond donors (Lipinski definition) is 1. The topological polar surface area (TPSA) is 73.9 Å². The van der Waals surface area contributed by atoms with E-state index < -0.39 is 11.9 Å². The maximum Gasteiger partial charge on any atom is 0.336 e. The molecular formula is C25H24BrNO5. The molecule has 1 aliphatic heterocycles. The number of carbonyl (C=O) groups excluding carboxylic acids is 2. The maximum atomic E-state index is 13.5. The smallest absolute Gasteiger partial charge is 0.336 e. The number of halogens is 1. The van der Waals surface area contributed by atoms with Crippen LogP contribution in [0, 0.1) is 0 Å². The van der Waals surface area contributed by atoms with Crippen LogP contribution in [0.15, 0.2) is 57.7 Å². The lowest BCUT2D eigenvalue weighted by atomic mass is 9.79. The van der Waals surface area contributed by atoms with Crippen LogP contribution in [-0.4, -0.2) is 32.1 Å². The first-order valence-corrected chi connectivity index (χ1v) is 11.3. The molecule has 2 aromatic rings. The SMILES string of the molecule is CCOc1cc(Br)c([C@H]2C(C(=O)OC)=C(C)NC3=C2C(=O)c2ccccc23)cc1OCC. The minimum absolute atomic E-state index is 0.110. The van der Waals surface area contributed by atoms with Crippen molar-refractivity contribution in [2.45, 2.75) is 26.7 Å². The van der Waals surface area contributed by atoms with Crippen LogP contribution in [0.5, 0.6) is 11.5 Å². The number of ether oxygens (including phenoxy) is 3. The highest BCUT2D eigenvalue weighted by molar-refractivity contribution is 9.10. The molecule has 1 aliphatic carbocycles. The van der Waals surface area contributed by atoms with Crippen LogP contribution >= 0.6 is 15.9 Å². The van der Waals surface area contributed by atoms with Crippen molar-refractivity contribution in [1.82, 2.24) is 5.32 Å². The standard InChI is InChI=1S/C25H24BrNO5/c1-5-31-18-11-16(17(26)12-19(18)32-6-2)21-20(25(29)30-4)13(3)27-23-14-9-7-8-10-15(14)24(28)22(21)23/h7-12,21,27H,5-6H2,1-4H3/t21-/m0/s1. The van der Waals surface area contributed by atoms with Crippen LogP contribution < -0.4 is 14.8 Å². The monoisotopic (exact) mass is 497 g/mol. The van der Waals surface area contributed by atoms with Crippen molar-refractivity contribution in [2.24, 2.45) is 0 Å². The van der Waals surface area contributed by atoms with E-state index in [1.54, 1.807) is 6.07 Å². The Balaban J connectivity index is 1.97. The number of ketones is 1. The highest BCUT2D eigenvalue weighted by Crippen LogP contribution is 2.50. The number of allylic oxidation sites excluding steroid dienone is 2. The normalized spacial score (nSPS) is 17.0. The van der Waals surface area contributed by atoms with Gasteiger partial charge in [-0.3, -0.25) is 4.79 Å². The number of carbonyl (C=O) groups is 2. The minimum atomic E-state index is -0.636. The molecule has 0 unspecified atom stereocenters. The summed E-state index contributed by atoms with van der Waals surface area (Å²) >= 11 is 3.64. The Kier molecular flexibility index (Phi) is 6.11. The van der Waals surface area contributed by atoms with E-state index in [1.165, 1.54) is 7.11 Å². The first-order chi connectivity index (χ1) is 15.4. The molecule has 0 bridgehead atoms. The zero-order valence-corrected chi connectivity index (χ0v) is 20.0. The van der Waals surface area contributed by atoms with Gasteiger partial charge in [-0.1, -0.05) is 40.2 Å². The highest BCUT2D eigenvalue weighted by atomic mass is 79.9. The van der Waals surface area contributed by atoms with E-state index in [1.807, 2.05) is 51.1 Å². The minimum Gasteiger partial charge on any atom is -0.490 e. The predicted molar refractivity (Wildman–Crippen MR) is 125 cm³/mol. The number of benzene rings is 2. The van der Waals surface area contributed by atoms with Gasteiger partial charge in [0.15, 0.2) is 17.3 Å². The van der Waals surface area contributed by atoms with Gasteiger partial charge in [-0.15, -0.1) is 0 Å². The number of fused-ring (bicyclic) bond motifs is 2. The third-order valence-electron chi connectivity index (χ3n) is 5.63. The summed E-state index contributed by atoms with van der Waals surface area (Å²) in [6, 6.07) is 11.1. The second-order valence-corrected chi connectivity index (χ2v) is 8.29. The van der Waals surface area contributed by atoms with Crippen LogP contribution in [0.4, 0.5) is 0 Å². The van der Waals surface area contributed by atoms with Crippen molar-refractivity contribution in [2.75, 3.05) is 20.3 Å². The van der Waals surface area contributed by atoms with Crippen LogP contribution in [0.2, 0.25) is 0 Å². The number of esters is 1. The van der Waals surface area contributed by atoms with Crippen LogP contribution in [0.25, 0.3) is 5.70 Å². The van der Waals surface area contributed by atoms with Gasteiger partial charge in [0, 0.05) is 26.9 Å². The zero-order valence-electron chi connectivity index (χ0n) is 18.4. The van der Waals surface area contributed by atoms with Gasteiger partial charge < -0.3 is 19.5 Å². The van der Waals surface area contributed by atoms with E-state index in [0.717, 1.165) is 16.8 Å². The van der Waals surface area contributed by atoms with Crippen molar-refractivity contribution < 1.29 is 23.8 Å². The van der Waals surface area contributed by atoms with Gasteiger partial charge in [0.2, 0.25) is 0 Å². The molecule has 0 aromatic heterocycles. The Hall–Kier alpha value is -3.06.